The minimum atomic E-state index is -0.0426. The zero-order valence-electron chi connectivity index (χ0n) is 15.8. The van der Waals surface area contributed by atoms with Gasteiger partial charge in [0, 0.05) is 37.2 Å². The monoisotopic (exact) mass is 395 g/mol. The van der Waals surface area contributed by atoms with Crippen LogP contribution in [0.4, 0.5) is 11.5 Å². The highest BCUT2D eigenvalue weighted by atomic mass is 16.5. The molecule has 0 unspecified atom stereocenters. The second-order valence-electron chi connectivity index (χ2n) is 7.18. The van der Waals surface area contributed by atoms with E-state index in [2.05, 4.69) is 30.8 Å². The van der Waals surface area contributed by atoms with E-state index < -0.39 is 0 Å². The van der Waals surface area contributed by atoms with Crippen molar-refractivity contribution in [3.63, 3.8) is 0 Å². The number of hydrogen-bond donors (Lipinski definition) is 1. The number of rotatable bonds is 3. The Morgan fingerprint density at radius 3 is 2.76 bits per heavy atom. The van der Waals surface area contributed by atoms with Crippen molar-refractivity contribution in [3.8, 4) is 11.5 Å². The smallest absolute Gasteiger partial charge is 0.227 e. The van der Waals surface area contributed by atoms with Crippen molar-refractivity contribution in [1.29, 1.82) is 0 Å². The molecule has 1 amide bonds. The molecule has 0 saturated carbocycles. The molecule has 1 N–H and O–H groups in total. The van der Waals surface area contributed by atoms with Gasteiger partial charge in [-0.05, 0) is 47.5 Å². The van der Waals surface area contributed by atoms with Crippen LogP contribution >= 0.6 is 0 Å². The summed E-state index contributed by atoms with van der Waals surface area (Å²) in [6.07, 6.45) is 2.36. The Balaban J connectivity index is 1.20. The van der Waals surface area contributed by atoms with Crippen LogP contribution in [0.25, 0.3) is 5.65 Å². The topological polar surface area (TPSA) is 107 Å². The fraction of sp³-hybridized carbons (Fsp3) is 0.421. The summed E-state index contributed by atoms with van der Waals surface area (Å²) in [5.41, 5.74) is 1.34. The fourth-order valence-electron chi connectivity index (χ4n) is 3.67. The van der Waals surface area contributed by atoms with Gasteiger partial charge >= 0.3 is 0 Å². The number of amides is 1. The van der Waals surface area contributed by atoms with Gasteiger partial charge in [-0.1, -0.05) is 0 Å². The molecule has 0 bridgehead atoms. The molecular weight excluding hydrogens is 374 g/mol. The van der Waals surface area contributed by atoms with Gasteiger partial charge in [-0.3, -0.25) is 4.79 Å². The molecule has 0 radical (unpaired) electrons. The van der Waals surface area contributed by atoms with E-state index in [-0.39, 0.29) is 11.8 Å². The third-order valence-electron chi connectivity index (χ3n) is 5.26. The number of ether oxygens (including phenoxy) is 2. The third kappa shape index (κ3) is 3.65. The average molecular weight is 395 g/mol. The van der Waals surface area contributed by atoms with Crippen LogP contribution in [0, 0.1) is 5.92 Å². The van der Waals surface area contributed by atoms with E-state index in [4.69, 9.17) is 9.47 Å². The van der Waals surface area contributed by atoms with Gasteiger partial charge in [0.25, 0.3) is 0 Å². The number of fused-ring (bicyclic) bond motifs is 2. The summed E-state index contributed by atoms with van der Waals surface area (Å²) in [7, 11) is 0. The molecule has 2 aliphatic rings. The summed E-state index contributed by atoms with van der Waals surface area (Å²) in [6.45, 7) is 2.76. The SMILES string of the molecule is O=C(Nc1ccc2c(c1)OCCCO2)C1CCN(c2ccc3nnnn3n2)CC1. The fourth-order valence-corrected chi connectivity index (χ4v) is 3.67. The van der Waals surface area contributed by atoms with Gasteiger partial charge < -0.3 is 19.7 Å². The van der Waals surface area contributed by atoms with E-state index in [9.17, 15) is 4.79 Å². The number of nitrogens with one attached hydrogen (secondary N) is 1. The molecule has 29 heavy (non-hydrogen) atoms. The van der Waals surface area contributed by atoms with Crippen LogP contribution in [-0.2, 0) is 4.79 Å². The van der Waals surface area contributed by atoms with Crippen molar-refractivity contribution in [3.05, 3.63) is 30.3 Å². The minimum absolute atomic E-state index is 0.0306. The van der Waals surface area contributed by atoms with Gasteiger partial charge in [0.15, 0.2) is 23.0 Å². The number of benzene rings is 1. The van der Waals surface area contributed by atoms with Crippen molar-refractivity contribution in [2.45, 2.75) is 19.3 Å². The molecule has 10 heteroatoms. The highest BCUT2D eigenvalue weighted by molar-refractivity contribution is 5.93. The number of hydrogen-bond acceptors (Lipinski definition) is 8. The lowest BCUT2D eigenvalue weighted by Gasteiger charge is -2.31. The molecule has 150 valence electrons. The highest BCUT2D eigenvalue weighted by Gasteiger charge is 2.26. The molecule has 0 aliphatic carbocycles. The number of piperidine rings is 1. The van der Waals surface area contributed by atoms with Gasteiger partial charge in [0.1, 0.15) is 0 Å². The van der Waals surface area contributed by atoms with Crippen molar-refractivity contribution in [2.75, 3.05) is 36.5 Å². The molecule has 10 nitrogen and oxygen atoms in total. The maximum absolute atomic E-state index is 12.7. The summed E-state index contributed by atoms with van der Waals surface area (Å²) in [4.78, 5) is 14.9. The summed E-state index contributed by atoms with van der Waals surface area (Å²) in [6, 6.07) is 9.28. The molecule has 5 rings (SSSR count). The molecule has 4 heterocycles. The normalized spacial score (nSPS) is 17.2. The van der Waals surface area contributed by atoms with Crippen LogP contribution in [0.1, 0.15) is 19.3 Å². The number of aromatic nitrogens is 5. The first-order valence-electron chi connectivity index (χ1n) is 9.77. The Kier molecular flexibility index (Phi) is 4.59. The predicted octanol–water partition coefficient (Wildman–Crippen LogP) is 1.54. The van der Waals surface area contributed by atoms with E-state index in [0.29, 0.717) is 24.6 Å². The van der Waals surface area contributed by atoms with E-state index in [1.807, 2.05) is 30.3 Å². The Bertz CT molecular complexity index is 1030. The second-order valence-corrected chi connectivity index (χ2v) is 7.18. The largest absolute Gasteiger partial charge is 0.490 e. The van der Waals surface area contributed by atoms with Gasteiger partial charge in [-0.15, -0.1) is 14.8 Å². The Hall–Kier alpha value is -3.43. The first-order valence-corrected chi connectivity index (χ1v) is 9.77. The van der Waals surface area contributed by atoms with Crippen LogP contribution in [0.5, 0.6) is 11.5 Å². The highest BCUT2D eigenvalue weighted by Crippen LogP contribution is 2.32. The molecular formula is C19H21N7O3. The zero-order chi connectivity index (χ0) is 19.6. The van der Waals surface area contributed by atoms with Crippen LogP contribution < -0.4 is 19.7 Å². The van der Waals surface area contributed by atoms with E-state index in [0.717, 1.165) is 49.6 Å². The van der Waals surface area contributed by atoms with Crippen molar-refractivity contribution < 1.29 is 14.3 Å². The van der Waals surface area contributed by atoms with Gasteiger partial charge in [0.2, 0.25) is 5.91 Å². The summed E-state index contributed by atoms with van der Waals surface area (Å²) in [5.74, 6) is 2.20. The summed E-state index contributed by atoms with van der Waals surface area (Å²) < 4.78 is 12.7. The molecule has 1 saturated heterocycles. The number of carbonyl (C=O) groups excluding carboxylic acids is 1. The zero-order valence-corrected chi connectivity index (χ0v) is 15.8. The maximum Gasteiger partial charge on any atom is 0.227 e. The molecule has 0 atom stereocenters. The first-order chi connectivity index (χ1) is 14.3. The quantitative estimate of drug-likeness (QED) is 0.712. The summed E-state index contributed by atoms with van der Waals surface area (Å²) in [5, 5.41) is 18.7. The van der Waals surface area contributed by atoms with E-state index in [1.165, 1.54) is 4.63 Å². The number of anilines is 2. The van der Waals surface area contributed by atoms with Crippen LogP contribution in [0.15, 0.2) is 30.3 Å². The Morgan fingerprint density at radius 2 is 1.90 bits per heavy atom. The maximum atomic E-state index is 12.7. The third-order valence-corrected chi connectivity index (χ3v) is 5.26. The minimum Gasteiger partial charge on any atom is -0.490 e. The van der Waals surface area contributed by atoms with E-state index >= 15 is 0 Å². The van der Waals surface area contributed by atoms with Crippen LogP contribution in [0.3, 0.4) is 0 Å². The molecule has 0 spiro atoms. The molecule has 3 aromatic rings. The average Bonchev–Trinajstić information content (AvgIpc) is 3.10. The van der Waals surface area contributed by atoms with Crippen LogP contribution in [0.2, 0.25) is 0 Å². The number of carbonyl (C=O) groups is 1. The lowest BCUT2D eigenvalue weighted by atomic mass is 9.96. The van der Waals surface area contributed by atoms with E-state index in [1.54, 1.807) is 0 Å². The van der Waals surface area contributed by atoms with Gasteiger partial charge in [-0.2, -0.15) is 0 Å². The predicted molar refractivity (Wildman–Crippen MR) is 104 cm³/mol. The lowest BCUT2D eigenvalue weighted by molar-refractivity contribution is -0.120. The van der Waals surface area contributed by atoms with Crippen molar-refractivity contribution >= 4 is 23.1 Å². The first kappa shape index (κ1) is 17.7. The molecule has 1 aromatic carbocycles. The molecule has 2 aromatic heterocycles. The Labute approximate surface area is 166 Å². The van der Waals surface area contributed by atoms with Gasteiger partial charge in [-0.25, -0.2) is 0 Å². The second kappa shape index (κ2) is 7.53. The number of nitrogens with zero attached hydrogens (tertiary/aromatic N) is 6. The molecule has 1 fully saturated rings. The van der Waals surface area contributed by atoms with Crippen LogP contribution in [-0.4, -0.2) is 57.5 Å². The van der Waals surface area contributed by atoms with Crippen molar-refractivity contribution in [1.82, 2.24) is 25.3 Å². The molecule has 2 aliphatic heterocycles. The number of tetrazole rings is 1. The summed E-state index contributed by atoms with van der Waals surface area (Å²) >= 11 is 0. The lowest BCUT2D eigenvalue weighted by Crippen LogP contribution is -2.38. The van der Waals surface area contributed by atoms with Gasteiger partial charge in [0.05, 0.1) is 13.2 Å². The Morgan fingerprint density at radius 1 is 1.07 bits per heavy atom. The van der Waals surface area contributed by atoms with Crippen molar-refractivity contribution in [2.24, 2.45) is 5.92 Å². The standard InChI is InChI=1S/C19H21N7O3/c27-19(20-14-2-3-15-16(12-14)29-11-1-10-28-15)13-6-8-25(9-7-13)18-5-4-17-21-23-24-26(17)22-18/h2-5,12-13H,1,6-11H2,(H,20,27).